The lowest BCUT2D eigenvalue weighted by Crippen LogP contribution is -2.45. The lowest BCUT2D eigenvalue weighted by atomic mass is 10.0. The summed E-state index contributed by atoms with van der Waals surface area (Å²) in [6.45, 7) is 2.73. The number of hydrogen-bond acceptors (Lipinski definition) is 5. The van der Waals surface area contributed by atoms with Gasteiger partial charge in [0.15, 0.2) is 0 Å². The van der Waals surface area contributed by atoms with Crippen LogP contribution in [0.5, 0.6) is 0 Å². The first kappa shape index (κ1) is 15.4. The molecule has 0 aromatic carbocycles. The molecule has 0 bridgehead atoms. The standard InChI is InChI=1S/C18H22N4O2/c1-12-6-7-17(24-12)14-10-15(21-20-14)18(23)22-9-3-5-16(22)13-4-2-8-19-11-13/h2,4,6-8,11,14-16,20-21H,3,5,9-10H2,1H3. The normalized spacial score (nSPS) is 26.9. The van der Waals surface area contributed by atoms with Gasteiger partial charge in [0.1, 0.15) is 17.6 Å². The molecule has 2 N–H and O–H groups in total. The van der Waals surface area contributed by atoms with Crippen molar-refractivity contribution in [2.24, 2.45) is 0 Å². The topological polar surface area (TPSA) is 70.4 Å². The Labute approximate surface area is 141 Å². The third kappa shape index (κ3) is 2.83. The molecule has 6 nitrogen and oxygen atoms in total. The average Bonchev–Trinajstić information content (AvgIpc) is 3.35. The van der Waals surface area contributed by atoms with Crippen LogP contribution in [0.4, 0.5) is 0 Å². The number of nitrogens with one attached hydrogen (secondary N) is 2. The van der Waals surface area contributed by atoms with Crippen molar-refractivity contribution in [1.29, 1.82) is 0 Å². The number of aromatic nitrogens is 1. The summed E-state index contributed by atoms with van der Waals surface area (Å²) < 4.78 is 5.68. The van der Waals surface area contributed by atoms with E-state index in [9.17, 15) is 4.79 Å². The Balaban J connectivity index is 1.46. The van der Waals surface area contributed by atoms with Gasteiger partial charge in [-0.15, -0.1) is 0 Å². The minimum Gasteiger partial charge on any atom is -0.465 e. The number of carbonyl (C=O) groups is 1. The van der Waals surface area contributed by atoms with Crippen molar-refractivity contribution in [2.75, 3.05) is 6.54 Å². The minimum absolute atomic E-state index is 0.0343. The highest BCUT2D eigenvalue weighted by Gasteiger charge is 2.38. The van der Waals surface area contributed by atoms with Crippen LogP contribution in [0.1, 0.15) is 48.4 Å². The van der Waals surface area contributed by atoms with E-state index in [0.717, 1.165) is 36.5 Å². The van der Waals surface area contributed by atoms with Gasteiger partial charge in [-0.3, -0.25) is 9.78 Å². The van der Waals surface area contributed by atoms with E-state index in [-0.39, 0.29) is 24.0 Å². The van der Waals surface area contributed by atoms with Gasteiger partial charge in [-0.2, -0.15) is 0 Å². The van der Waals surface area contributed by atoms with Crippen LogP contribution in [0.2, 0.25) is 0 Å². The van der Waals surface area contributed by atoms with Gasteiger partial charge in [0, 0.05) is 18.9 Å². The first-order chi connectivity index (χ1) is 11.7. The predicted octanol–water partition coefficient (Wildman–Crippen LogP) is 2.25. The van der Waals surface area contributed by atoms with E-state index in [1.165, 1.54) is 0 Å². The smallest absolute Gasteiger partial charge is 0.241 e. The maximum atomic E-state index is 13.0. The number of aryl methyl sites for hydroxylation is 1. The highest BCUT2D eigenvalue weighted by atomic mass is 16.3. The number of furan rings is 1. The van der Waals surface area contributed by atoms with Crippen LogP contribution in [-0.4, -0.2) is 28.4 Å². The molecule has 0 spiro atoms. The zero-order chi connectivity index (χ0) is 16.5. The van der Waals surface area contributed by atoms with Crippen LogP contribution in [0.25, 0.3) is 0 Å². The second kappa shape index (κ2) is 6.37. The predicted molar refractivity (Wildman–Crippen MR) is 88.8 cm³/mol. The molecule has 126 valence electrons. The van der Waals surface area contributed by atoms with Crippen LogP contribution in [0.15, 0.2) is 41.1 Å². The first-order valence-corrected chi connectivity index (χ1v) is 8.50. The Bertz CT molecular complexity index is 715. The summed E-state index contributed by atoms with van der Waals surface area (Å²) in [4.78, 5) is 19.2. The van der Waals surface area contributed by atoms with Crippen molar-refractivity contribution in [1.82, 2.24) is 20.7 Å². The monoisotopic (exact) mass is 326 g/mol. The van der Waals surface area contributed by atoms with Gasteiger partial charge in [0.05, 0.1) is 12.1 Å². The maximum absolute atomic E-state index is 13.0. The molecule has 0 radical (unpaired) electrons. The van der Waals surface area contributed by atoms with Gasteiger partial charge in [0.25, 0.3) is 0 Å². The Kier molecular flexibility index (Phi) is 4.08. The van der Waals surface area contributed by atoms with Crippen LogP contribution >= 0.6 is 0 Å². The molecule has 2 aromatic heterocycles. The molecular formula is C18H22N4O2. The molecule has 4 heterocycles. The number of likely N-dealkylation sites (tertiary alicyclic amines) is 1. The largest absolute Gasteiger partial charge is 0.465 e. The number of carbonyl (C=O) groups excluding carboxylic acids is 1. The average molecular weight is 326 g/mol. The van der Waals surface area contributed by atoms with E-state index >= 15 is 0 Å². The molecule has 1 amide bonds. The van der Waals surface area contributed by atoms with Crippen molar-refractivity contribution in [3.8, 4) is 0 Å². The highest BCUT2D eigenvalue weighted by Crippen LogP contribution is 2.33. The number of hydrogen-bond donors (Lipinski definition) is 2. The van der Waals surface area contributed by atoms with E-state index < -0.39 is 0 Å². The summed E-state index contributed by atoms with van der Waals surface area (Å²) >= 11 is 0. The number of hydrazine groups is 1. The molecule has 2 aliphatic heterocycles. The molecule has 3 unspecified atom stereocenters. The Hall–Kier alpha value is -2.18. The second-order valence-electron chi connectivity index (χ2n) is 6.55. The van der Waals surface area contributed by atoms with E-state index in [1.54, 1.807) is 6.20 Å². The summed E-state index contributed by atoms with van der Waals surface area (Å²) in [7, 11) is 0. The SMILES string of the molecule is Cc1ccc(C2CC(C(=O)N3CCCC3c3cccnc3)NN2)o1. The third-order valence-corrected chi connectivity index (χ3v) is 4.91. The second-order valence-corrected chi connectivity index (χ2v) is 6.55. The fraction of sp³-hybridized carbons (Fsp3) is 0.444. The summed E-state index contributed by atoms with van der Waals surface area (Å²) in [5.74, 6) is 1.91. The highest BCUT2D eigenvalue weighted by molar-refractivity contribution is 5.83. The third-order valence-electron chi connectivity index (χ3n) is 4.91. The molecule has 6 heteroatoms. The van der Waals surface area contributed by atoms with Gasteiger partial charge < -0.3 is 9.32 Å². The van der Waals surface area contributed by atoms with Crippen LogP contribution in [0.3, 0.4) is 0 Å². The molecule has 4 rings (SSSR count). The molecule has 2 saturated heterocycles. The fourth-order valence-corrected chi connectivity index (χ4v) is 3.70. The molecular weight excluding hydrogens is 304 g/mol. The fourth-order valence-electron chi connectivity index (χ4n) is 3.70. The van der Waals surface area contributed by atoms with Crippen molar-refractivity contribution >= 4 is 5.91 Å². The van der Waals surface area contributed by atoms with Crippen molar-refractivity contribution < 1.29 is 9.21 Å². The van der Waals surface area contributed by atoms with Crippen molar-refractivity contribution in [2.45, 2.75) is 44.3 Å². The first-order valence-electron chi connectivity index (χ1n) is 8.50. The number of rotatable bonds is 3. The summed E-state index contributed by atoms with van der Waals surface area (Å²) in [6, 6.07) is 7.85. The summed E-state index contributed by atoms with van der Waals surface area (Å²) in [5, 5.41) is 0. The molecule has 2 aliphatic rings. The van der Waals surface area contributed by atoms with E-state index in [2.05, 4.69) is 21.9 Å². The Morgan fingerprint density at radius 2 is 2.25 bits per heavy atom. The number of amides is 1. The zero-order valence-electron chi connectivity index (χ0n) is 13.7. The van der Waals surface area contributed by atoms with Crippen LogP contribution < -0.4 is 10.9 Å². The van der Waals surface area contributed by atoms with Gasteiger partial charge in [-0.1, -0.05) is 6.07 Å². The number of nitrogens with zero attached hydrogens (tertiary/aromatic N) is 2. The van der Waals surface area contributed by atoms with E-state index in [4.69, 9.17) is 4.42 Å². The molecule has 0 saturated carbocycles. The number of pyridine rings is 1. The van der Waals surface area contributed by atoms with Crippen molar-refractivity contribution in [3.05, 3.63) is 53.7 Å². The molecule has 0 aliphatic carbocycles. The van der Waals surface area contributed by atoms with Gasteiger partial charge in [0.2, 0.25) is 5.91 Å². The molecule has 24 heavy (non-hydrogen) atoms. The molecule has 3 atom stereocenters. The van der Waals surface area contributed by atoms with Gasteiger partial charge >= 0.3 is 0 Å². The van der Waals surface area contributed by atoms with Crippen molar-refractivity contribution in [3.63, 3.8) is 0 Å². The lowest BCUT2D eigenvalue weighted by Gasteiger charge is -2.27. The quantitative estimate of drug-likeness (QED) is 0.905. The lowest BCUT2D eigenvalue weighted by molar-refractivity contribution is -0.134. The summed E-state index contributed by atoms with van der Waals surface area (Å²) in [5.41, 5.74) is 7.46. The van der Waals surface area contributed by atoms with E-state index in [0.29, 0.717) is 6.42 Å². The molecule has 2 aromatic rings. The minimum atomic E-state index is -0.224. The molecule has 2 fully saturated rings. The Morgan fingerprint density at radius 1 is 1.33 bits per heavy atom. The van der Waals surface area contributed by atoms with Crippen LogP contribution in [0, 0.1) is 6.92 Å². The van der Waals surface area contributed by atoms with Gasteiger partial charge in [-0.05, 0) is 49.9 Å². The van der Waals surface area contributed by atoms with Crippen LogP contribution in [-0.2, 0) is 4.79 Å². The maximum Gasteiger partial charge on any atom is 0.241 e. The zero-order valence-corrected chi connectivity index (χ0v) is 13.7. The Morgan fingerprint density at radius 3 is 3.00 bits per heavy atom. The summed E-state index contributed by atoms with van der Waals surface area (Å²) in [6.07, 6.45) is 6.36. The van der Waals surface area contributed by atoms with Gasteiger partial charge in [-0.25, -0.2) is 10.9 Å². The van der Waals surface area contributed by atoms with E-state index in [1.807, 2.05) is 36.2 Å².